The van der Waals surface area contributed by atoms with Gasteiger partial charge in [0.05, 0.1) is 59.0 Å². The van der Waals surface area contributed by atoms with Gasteiger partial charge >= 0.3 is 0 Å². The van der Waals surface area contributed by atoms with Gasteiger partial charge in [0.25, 0.3) is 11.1 Å². The molecule has 2 saturated carbocycles. The third-order valence-electron chi connectivity index (χ3n) is 10.4. The number of aliphatic hydroxyl groups excluding tert-OH is 1. The molecule has 6 aromatic rings. The number of hydrogen-bond acceptors (Lipinski definition) is 14. The first-order valence-electron chi connectivity index (χ1n) is 17.8. The molecule has 0 aromatic carbocycles. The monoisotopic (exact) mass is 812 g/mol. The van der Waals surface area contributed by atoms with Crippen molar-refractivity contribution >= 4 is 93.1 Å². The van der Waals surface area contributed by atoms with E-state index in [2.05, 4.69) is 19.9 Å². The molecule has 2 aliphatic carbocycles. The Balaban J connectivity index is 0.000000196. The molecule has 3 aliphatic rings. The van der Waals surface area contributed by atoms with Crippen LogP contribution in [0.2, 0.25) is 0 Å². The summed E-state index contributed by atoms with van der Waals surface area (Å²) in [6.45, 7) is 1.34. The maximum atomic E-state index is 13.2. The first kappa shape index (κ1) is 42.1. The maximum absolute atomic E-state index is 13.2. The summed E-state index contributed by atoms with van der Waals surface area (Å²) in [5.41, 5.74) is 3.53. The van der Waals surface area contributed by atoms with E-state index < -0.39 is 5.79 Å². The summed E-state index contributed by atoms with van der Waals surface area (Å²) in [6.07, 6.45) is 12.8. The van der Waals surface area contributed by atoms with Gasteiger partial charge in [0, 0.05) is 85.5 Å². The van der Waals surface area contributed by atoms with Crippen LogP contribution < -0.4 is 20.9 Å². The van der Waals surface area contributed by atoms with Crippen molar-refractivity contribution < 1.29 is 19.4 Å². The molecule has 14 nitrogen and oxygen atoms in total. The number of anilines is 2. The van der Waals surface area contributed by atoms with Crippen molar-refractivity contribution in [2.24, 2.45) is 0 Å². The number of thiophene rings is 2. The lowest BCUT2D eigenvalue weighted by atomic mass is 9.90. The van der Waals surface area contributed by atoms with E-state index in [1.165, 1.54) is 22.7 Å². The van der Waals surface area contributed by atoms with E-state index in [0.717, 1.165) is 88.5 Å². The van der Waals surface area contributed by atoms with Gasteiger partial charge in [-0.3, -0.25) is 23.5 Å². The summed E-state index contributed by atoms with van der Waals surface area (Å²) in [4.78, 5) is 61.5. The standard InChI is InChI=1S/C19H22N4O3S.C17H18N4O2S.CH4O.CH4.ClH/c1-22(2)13-5-8-20-17-14(13)15-16(27-17)18(24)23(11-21-15)12-3-6-19(7-4-12)25-9-10-26-19;1-20(2)12-7-8-18-16-13(12)14-15(24-16)17(23)21(9-19-14)10-3-5-11(22)6-4-10;1-2;;/h5,8,11-12H,3-4,6-7,9-10H2,1-2H3;7-10H,3-6H2,1-2H3;2H,1H3;1H4;1H. The Morgan fingerprint density at radius 1 is 0.709 bits per heavy atom. The van der Waals surface area contributed by atoms with Crippen molar-refractivity contribution in [2.45, 2.75) is 76.7 Å². The van der Waals surface area contributed by atoms with Gasteiger partial charge in [-0.2, -0.15) is 0 Å². The van der Waals surface area contributed by atoms with E-state index in [0.29, 0.717) is 35.5 Å². The molecule has 1 N–H and O–H groups in total. The van der Waals surface area contributed by atoms with Gasteiger partial charge in [0.2, 0.25) is 0 Å². The third-order valence-corrected chi connectivity index (χ3v) is 12.5. The number of pyridine rings is 2. The van der Waals surface area contributed by atoms with Crippen molar-refractivity contribution in [2.75, 3.05) is 58.3 Å². The van der Waals surface area contributed by atoms with Crippen LogP contribution in [0.3, 0.4) is 0 Å². The Morgan fingerprint density at radius 2 is 1.13 bits per heavy atom. The van der Waals surface area contributed by atoms with Crippen molar-refractivity contribution in [1.29, 1.82) is 0 Å². The number of aromatic nitrogens is 6. The first-order chi connectivity index (χ1) is 25.6. The number of fused-ring (bicyclic) bond motifs is 6. The Morgan fingerprint density at radius 3 is 1.55 bits per heavy atom. The number of carbonyl (C=O) groups is 1. The predicted molar refractivity (Wildman–Crippen MR) is 224 cm³/mol. The summed E-state index contributed by atoms with van der Waals surface area (Å²) in [6, 6.07) is 4.11. The SMILES string of the molecule is C.CN(C)c1ccnc2sc3c(=O)n(C4CCC(=O)CC4)cnc3c12.CN(C)c1ccnc2sc3c(=O)n(C4CCC5(CC4)OCCO5)cnc3c12.CO.Cl. The lowest BCUT2D eigenvalue weighted by Gasteiger charge is -2.35. The first-order valence-corrected chi connectivity index (χ1v) is 19.4. The summed E-state index contributed by atoms with van der Waals surface area (Å²) in [7, 11) is 8.92. The van der Waals surface area contributed by atoms with E-state index in [-0.39, 0.29) is 48.8 Å². The fraction of sp³-hybridized carbons (Fsp3) is 0.500. The highest BCUT2D eigenvalue weighted by molar-refractivity contribution is 7.25. The largest absolute Gasteiger partial charge is 0.400 e. The molecule has 1 saturated heterocycles. The third kappa shape index (κ3) is 7.85. The number of nitrogens with zero attached hydrogens (tertiary/aromatic N) is 8. The topological polar surface area (TPSA) is 158 Å². The number of ketones is 1. The van der Waals surface area contributed by atoms with Crippen LogP contribution in [0.25, 0.3) is 40.9 Å². The number of ether oxygens (including phenoxy) is 2. The minimum atomic E-state index is -0.417. The van der Waals surface area contributed by atoms with E-state index >= 15 is 0 Å². The Bertz CT molecular complexity index is 2400. The highest BCUT2D eigenvalue weighted by atomic mass is 35.5. The Labute approximate surface area is 333 Å². The summed E-state index contributed by atoms with van der Waals surface area (Å²) in [5, 5.41) is 8.90. The molecule has 55 heavy (non-hydrogen) atoms. The fourth-order valence-corrected chi connectivity index (χ4v) is 9.78. The highest BCUT2D eigenvalue weighted by Crippen LogP contribution is 2.41. The molecule has 0 atom stereocenters. The second-order valence-electron chi connectivity index (χ2n) is 13.9. The van der Waals surface area contributed by atoms with Crippen LogP contribution in [-0.2, 0) is 14.3 Å². The van der Waals surface area contributed by atoms with Gasteiger partial charge in [-0.15, -0.1) is 35.1 Å². The van der Waals surface area contributed by atoms with Crippen LogP contribution in [0.5, 0.6) is 0 Å². The molecule has 0 radical (unpaired) electrons. The quantitative estimate of drug-likeness (QED) is 0.211. The number of aliphatic hydroxyl groups is 1. The van der Waals surface area contributed by atoms with Gasteiger partial charge in [-0.05, 0) is 37.8 Å². The summed E-state index contributed by atoms with van der Waals surface area (Å²) < 4.78 is 16.4. The van der Waals surface area contributed by atoms with Gasteiger partial charge in [-0.25, -0.2) is 19.9 Å². The molecule has 296 valence electrons. The second kappa shape index (κ2) is 17.4. The molecule has 1 spiro atoms. The molecule has 0 amide bonds. The molecule has 1 aliphatic heterocycles. The van der Waals surface area contributed by atoms with Crippen molar-refractivity contribution in [1.82, 2.24) is 29.1 Å². The fourth-order valence-electron chi connectivity index (χ4n) is 7.67. The highest BCUT2D eigenvalue weighted by Gasteiger charge is 2.41. The van der Waals surface area contributed by atoms with Gasteiger partial charge in [0.15, 0.2) is 5.79 Å². The van der Waals surface area contributed by atoms with Gasteiger partial charge in [-0.1, -0.05) is 7.43 Å². The van der Waals surface area contributed by atoms with Crippen LogP contribution in [-0.4, -0.2) is 94.3 Å². The predicted octanol–water partition coefficient (Wildman–Crippen LogP) is 6.35. The minimum Gasteiger partial charge on any atom is -0.400 e. The molecule has 7 heterocycles. The van der Waals surface area contributed by atoms with E-state index in [4.69, 9.17) is 14.6 Å². The smallest absolute Gasteiger partial charge is 0.271 e. The zero-order valence-electron chi connectivity index (χ0n) is 31.0. The van der Waals surface area contributed by atoms with Gasteiger partial charge < -0.3 is 24.4 Å². The van der Waals surface area contributed by atoms with Crippen LogP contribution in [0.15, 0.2) is 46.8 Å². The molecule has 6 aromatic heterocycles. The van der Waals surface area contributed by atoms with Crippen LogP contribution in [0, 0.1) is 0 Å². The molecule has 17 heteroatoms. The molecular formula is C38H49ClN8O6S2. The average Bonchev–Trinajstić information content (AvgIpc) is 3.90. The number of rotatable bonds is 4. The molecular weight excluding hydrogens is 764 g/mol. The zero-order valence-corrected chi connectivity index (χ0v) is 33.4. The van der Waals surface area contributed by atoms with E-state index in [9.17, 15) is 14.4 Å². The summed E-state index contributed by atoms with van der Waals surface area (Å²) >= 11 is 2.83. The van der Waals surface area contributed by atoms with Crippen LogP contribution in [0.4, 0.5) is 11.4 Å². The number of halogens is 1. The molecule has 9 rings (SSSR count). The molecule has 0 unspecified atom stereocenters. The Hall–Kier alpha value is -4.06. The molecule has 3 fully saturated rings. The second-order valence-corrected chi connectivity index (χ2v) is 15.9. The van der Waals surface area contributed by atoms with Gasteiger partial charge in [0.1, 0.15) is 24.8 Å². The van der Waals surface area contributed by atoms with E-state index in [1.807, 2.05) is 50.1 Å². The normalized spacial score (nSPS) is 17.0. The maximum Gasteiger partial charge on any atom is 0.271 e. The average molecular weight is 813 g/mol. The van der Waals surface area contributed by atoms with E-state index in [1.54, 1.807) is 34.2 Å². The van der Waals surface area contributed by atoms with Crippen LogP contribution >= 0.6 is 35.1 Å². The number of Topliss-reactive ketones (excluding diaryl/α,β-unsaturated/α-hetero) is 1. The lowest BCUT2D eigenvalue weighted by molar-refractivity contribution is -0.181. The number of carbonyl (C=O) groups excluding carboxylic acids is 1. The van der Waals surface area contributed by atoms with Crippen molar-refractivity contribution in [3.8, 4) is 0 Å². The number of hydrogen-bond donors (Lipinski definition) is 1. The lowest BCUT2D eigenvalue weighted by Crippen LogP contribution is -2.37. The van der Waals surface area contributed by atoms with Crippen molar-refractivity contribution in [3.63, 3.8) is 0 Å². The summed E-state index contributed by atoms with van der Waals surface area (Å²) in [5.74, 6) is -0.130. The van der Waals surface area contributed by atoms with Crippen molar-refractivity contribution in [3.05, 3.63) is 57.9 Å². The minimum absolute atomic E-state index is 0. The van der Waals surface area contributed by atoms with Crippen LogP contribution in [0.1, 0.15) is 70.9 Å². The molecule has 0 bridgehead atoms. The zero-order chi connectivity index (χ0) is 37.4. The Kier molecular flexibility index (Phi) is 13.3.